The second-order valence-corrected chi connectivity index (χ2v) is 4.44. The minimum atomic E-state index is -1.92. The Morgan fingerprint density at radius 3 is 2.31 bits per heavy atom. The Labute approximate surface area is 96.0 Å². The second kappa shape index (κ2) is 3.67. The fourth-order valence-electron chi connectivity index (χ4n) is 0.916. The van der Waals surface area contributed by atoms with Crippen LogP contribution in [0.4, 0.5) is 5.69 Å². The van der Waals surface area contributed by atoms with Gasteiger partial charge in [0.1, 0.15) is 15.7 Å². The minimum Gasteiger partial charge on any atom is -0.405 e. The van der Waals surface area contributed by atoms with E-state index < -0.39 is 5.40 Å². The lowest BCUT2D eigenvalue weighted by Gasteiger charge is -2.22. The van der Waals surface area contributed by atoms with E-state index in [2.05, 4.69) is 31.9 Å². The molecule has 0 aliphatic rings. The number of anilines is 1. The lowest BCUT2D eigenvalue weighted by atomic mass is 9.61. The average molecular weight is 301 g/mol. The second-order valence-electron chi connectivity index (χ2n) is 2.67. The largest absolute Gasteiger partial charge is 0.405 e. The van der Waals surface area contributed by atoms with Gasteiger partial charge in [-0.15, -0.1) is 0 Å². The van der Waals surface area contributed by atoms with E-state index in [-0.39, 0.29) is 5.56 Å². The van der Waals surface area contributed by atoms with Crippen molar-refractivity contribution in [2.75, 3.05) is 5.73 Å². The van der Waals surface area contributed by atoms with Gasteiger partial charge in [0, 0.05) is 14.3 Å². The Balaban J connectivity index is 3.37. The molecular weight excluding hydrogens is 296 g/mol. The molecule has 0 aliphatic carbocycles. The molecule has 0 aliphatic heterocycles. The third kappa shape index (κ3) is 2.51. The van der Waals surface area contributed by atoms with Crippen LogP contribution in [-0.2, 0) is 5.40 Å². The van der Waals surface area contributed by atoms with Gasteiger partial charge in [0.05, 0.1) is 5.69 Å². The molecule has 0 spiro atoms. The smallest absolute Gasteiger partial charge is 0.105 e. The molecule has 1 rings (SSSR count). The molecule has 0 heterocycles. The van der Waals surface area contributed by atoms with Crippen molar-refractivity contribution in [1.29, 1.82) is 0 Å². The monoisotopic (exact) mass is 299 g/mol. The fourth-order valence-corrected chi connectivity index (χ4v) is 2.14. The highest BCUT2D eigenvalue weighted by Gasteiger charge is 2.19. The summed E-state index contributed by atoms with van der Waals surface area (Å²) >= 11 is 6.44. The van der Waals surface area contributed by atoms with Crippen LogP contribution in [0.3, 0.4) is 0 Å². The molecule has 64 valence electrons. The van der Waals surface area contributed by atoms with Gasteiger partial charge in [0.25, 0.3) is 0 Å². The molecule has 0 unspecified atom stereocenters. The van der Waals surface area contributed by atoms with Gasteiger partial charge in [0.15, 0.2) is 0 Å². The summed E-state index contributed by atoms with van der Waals surface area (Å²) in [5.74, 6) is 0. The number of aliphatic hydroxyl groups is 1. The molecule has 3 N–H and O–H groups in total. The lowest BCUT2D eigenvalue weighted by Crippen LogP contribution is -2.27. The Hall–Kier alpha value is 0.0699. The summed E-state index contributed by atoms with van der Waals surface area (Å²) in [6, 6.07) is 3.31. The predicted molar refractivity (Wildman–Crippen MR) is 61.7 cm³/mol. The van der Waals surface area contributed by atoms with E-state index in [1.165, 1.54) is 0 Å². The lowest BCUT2D eigenvalue weighted by molar-refractivity contribution is 0.217. The zero-order valence-electron chi connectivity index (χ0n) is 6.59. The van der Waals surface area contributed by atoms with Crippen LogP contribution in [0.5, 0.6) is 0 Å². The topological polar surface area (TPSA) is 46.2 Å². The van der Waals surface area contributed by atoms with E-state index >= 15 is 0 Å². The Morgan fingerprint density at radius 1 is 1.31 bits per heavy atom. The summed E-state index contributed by atoms with van der Waals surface area (Å²) in [7, 11) is 10.6. The first kappa shape index (κ1) is 11.1. The molecule has 0 saturated heterocycles. The first-order chi connectivity index (χ1) is 5.82. The van der Waals surface area contributed by atoms with Gasteiger partial charge in [0.2, 0.25) is 0 Å². The third-order valence-electron chi connectivity index (χ3n) is 1.53. The quantitative estimate of drug-likeness (QED) is 0.605. The molecule has 4 radical (unpaired) electrons. The Morgan fingerprint density at radius 2 is 1.85 bits per heavy atom. The van der Waals surface area contributed by atoms with Gasteiger partial charge < -0.3 is 10.8 Å². The van der Waals surface area contributed by atoms with Gasteiger partial charge in [-0.3, -0.25) is 0 Å². The van der Waals surface area contributed by atoms with E-state index in [1.54, 1.807) is 12.1 Å². The van der Waals surface area contributed by atoms with Crippen molar-refractivity contribution >= 4 is 53.2 Å². The maximum Gasteiger partial charge on any atom is 0.105 e. The first-order valence-corrected chi connectivity index (χ1v) is 4.96. The van der Waals surface area contributed by atoms with Crippen molar-refractivity contribution in [3.05, 3.63) is 26.6 Å². The SMILES string of the molecule is [B]C([B])(O)c1cc(Br)cc(Br)c1N. The van der Waals surface area contributed by atoms with Crippen molar-refractivity contribution in [3.8, 4) is 0 Å². The highest BCUT2D eigenvalue weighted by molar-refractivity contribution is 9.11. The minimum absolute atomic E-state index is 0.272. The van der Waals surface area contributed by atoms with Crippen molar-refractivity contribution < 1.29 is 5.11 Å². The highest BCUT2D eigenvalue weighted by atomic mass is 79.9. The van der Waals surface area contributed by atoms with Crippen LogP contribution in [0.25, 0.3) is 0 Å². The van der Waals surface area contributed by atoms with Crippen LogP contribution in [0.2, 0.25) is 0 Å². The molecule has 1 aromatic carbocycles. The molecule has 0 aromatic heterocycles. The molecule has 1 aromatic rings. The summed E-state index contributed by atoms with van der Waals surface area (Å²) in [6.45, 7) is 0. The number of hydrogen-bond acceptors (Lipinski definition) is 2. The summed E-state index contributed by atoms with van der Waals surface area (Å²) in [6.07, 6.45) is 0. The van der Waals surface area contributed by atoms with Crippen molar-refractivity contribution in [2.45, 2.75) is 5.40 Å². The van der Waals surface area contributed by atoms with Crippen LogP contribution < -0.4 is 5.73 Å². The molecule has 0 amide bonds. The van der Waals surface area contributed by atoms with Gasteiger partial charge in [-0.05, 0) is 33.6 Å². The van der Waals surface area contributed by atoms with Crippen molar-refractivity contribution in [2.24, 2.45) is 0 Å². The molecule has 0 bridgehead atoms. The predicted octanol–water partition coefficient (Wildman–Crippen LogP) is 1.23. The summed E-state index contributed by atoms with van der Waals surface area (Å²) in [4.78, 5) is 0. The standard InChI is InChI=1S/C7H5B2Br2NO/c8-7(9,13)4-1-3(10)2-5(11)6(4)12/h1-2,13H,12H2. The van der Waals surface area contributed by atoms with Crippen LogP contribution in [-0.4, -0.2) is 20.8 Å². The molecular formula is C7H5B2Br2NO. The Kier molecular flexibility index (Phi) is 3.15. The summed E-state index contributed by atoms with van der Waals surface area (Å²) < 4.78 is 1.36. The van der Waals surface area contributed by atoms with E-state index in [4.69, 9.17) is 21.4 Å². The molecule has 6 heteroatoms. The van der Waals surface area contributed by atoms with Gasteiger partial charge >= 0.3 is 0 Å². The van der Waals surface area contributed by atoms with Crippen LogP contribution in [0, 0.1) is 0 Å². The Bertz CT molecular complexity index is 338. The van der Waals surface area contributed by atoms with E-state index in [0.717, 1.165) is 4.47 Å². The number of rotatable bonds is 1. The summed E-state index contributed by atoms with van der Waals surface area (Å²) in [5, 5.41) is 7.43. The van der Waals surface area contributed by atoms with Crippen LogP contribution >= 0.6 is 31.9 Å². The maximum atomic E-state index is 9.35. The van der Waals surface area contributed by atoms with Crippen molar-refractivity contribution in [3.63, 3.8) is 0 Å². The van der Waals surface area contributed by atoms with E-state index in [1.807, 2.05) is 0 Å². The molecule has 0 atom stereocenters. The van der Waals surface area contributed by atoms with Crippen molar-refractivity contribution in [1.82, 2.24) is 0 Å². The van der Waals surface area contributed by atoms with Gasteiger partial charge in [-0.2, -0.15) is 0 Å². The maximum absolute atomic E-state index is 9.35. The zero-order chi connectivity index (χ0) is 10.2. The zero-order valence-corrected chi connectivity index (χ0v) is 9.76. The van der Waals surface area contributed by atoms with Gasteiger partial charge in [-0.1, -0.05) is 15.9 Å². The normalized spacial score (nSPS) is 11.6. The average Bonchev–Trinajstić information content (AvgIpc) is 1.94. The number of halogens is 2. The van der Waals surface area contributed by atoms with Crippen LogP contribution in [0.15, 0.2) is 21.1 Å². The first-order valence-electron chi connectivity index (χ1n) is 3.37. The number of nitrogens with two attached hydrogens (primary N) is 1. The number of hydrogen-bond donors (Lipinski definition) is 2. The molecule has 0 saturated carbocycles. The van der Waals surface area contributed by atoms with E-state index in [9.17, 15) is 5.11 Å². The summed E-state index contributed by atoms with van der Waals surface area (Å²) in [5.41, 5.74) is 6.25. The fraction of sp³-hybridized carbons (Fsp3) is 0.143. The van der Waals surface area contributed by atoms with E-state index in [0.29, 0.717) is 10.2 Å². The number of benzene rings is 1. The highest BCUT2D eigenvalue weighted by Crippen LogP contribution is 2.32. The molecule has 2 nitrogen and oxygen atoms in total. The molecule has 13 heavy (non-hydrogen) atoms. The third-order valence-corrected chi connectivity index (χ3v) is 2.64. The van der Waals surface area contributed by atoms with Crippen LogP contribution in [0.1, 0.15) is 5.56 Å². The van der Waals surface area contributed by atoms with Gasteiger partial charge in [-0.25, -0.2) is 0 Å². The molecule has 0 fully saturated rings. The number of nitrogen functional groups attached to an aromatic ring is 1.